The van der Waals surface area contributed by atoms with Gasteiger partial charge in [-0.3, -0.25) is 4.79 Å². The van der Waals surface area contributed by atoms with Crippen LogP contribution in [0.2, 0.25) is 0 Å². The summed E-state index contributed by atoms with van der Waals surface area (Å²) in [5.41, 5.74) is -1.03. The van der Waals surface area contributed by atoms with Crippen LogP contribution >= 0.6 is 0 Å². The fourth-order valence-electron chi connectivity index (χ4n) is 1.02. The van der Waals surface area contributed by atoms with Crippen molar-refractivity contribution in [2.45, 2.75) is 52.2 Å². The van der Waals surface area contributed by atoms with Gasteiger partial charge in [-0.15, -0.1) is 0 Å². The van der Waals surface area contributed by atoms with E-state index in [0.717, 1.165) is 0 Å². The topological polar surface area (TPSA) is 82.4 Å². The fraction of sp³-hybridized carbons (Fsp3) is 0.692. The Morgan fingerprint density at radius 1 is 1.42 bits per heavy atom. The Morgan fingerprint density at radius 2 is 2.00 bits per heavy atom. The Morgan fingerprint density at radius 3 is 2.42 bits per heavy atom. The summed E-state index contributed by atoms with van der Waals surface area (Å²) in [6.45, 7) is 9.06. The molecule has 0 aromatic carbocycles. The summed E-state index contributed by atoms with van der Waals surface area (Å²) in [5.74, 6) is 0.122. The van der Waals surface area contributed by atoms with Gasteiger partial charge in [0.05, 0.1) is 11.2 Å². The standard InChI is InChI=1S/C13H25BN2O3/c1-10(17)6-7-16-9-11(8-15)14-19-13(4,5)12(2,3)18/h8-9,14-16,18H,6-7H2,1-5H3/b11-9+,15-8?. The van der Waals surface area contributed by atoms with Gasteiger partial charge in [0.2, 0.25) is 0 Å². The largest absolute Gasteiger partial charge is 0.427 e. The number of rotatable bonds is 9. The van der Waals surface area contributed by atoms with Crippen molar-refractivity contribution >= 4 is 19.5 Å². The lowest BCUT2D eigenvalue weighted by molar-refractivity contribution is -0.116. The van der Waals surface area contributed by atoms with Crippen molar-refractivity contribution in [2.24, 2.45) is 0 Å². The number of aliphatic hydroxyl groups is 1. The van der Waals surface area contributed by atoms with E-state index in [2.05, 4.69) is 5.32 Å². The number of allylic oxidation sites excluding steroid dienone is 1. The molecule has 0 spiro atoms. The molecule has 0 aromatic heterocycles. The van der Waals surface area contributed by atoms with Crippen LogP contribution in [-0.4, -0.2) is 42.3 Å². The van der Waals surface area contributed by atoms with Crippen molar-refractivity contribution in [3.05, 3.63) is 11.7 Å². The normalized spacial score (nSPS) is 13.1. The third kappa shape index (κ3) is 7.13. The summed E-state index contributed by atoms with van der Waals surface area (Å²) in [4.78, 5) is 10.8. The summed E-state index contributed by atoms with van der Waals surface area (Å²) in [5, 5.41) is 20.2. The Hall–Kier alpha value is -1.14. The fourth-order valence-corrected chi connectivity index (χ4v) is 1.02. The quantitative estimate of drug-likeness (QED) is 0.330. The van der Waals surface area contributed by atoms with E-state index in [1.807, 2.05) is 0 Å². The van der Waals surface area contributed by atoms with Gasteiger partial charge >= 0.3 is 7.48 Å². The zero-order valence-electron chi connectivity index (χ0n) is 12.5. The molecule has 0 bridgehead atoms. The average Bonchev–Trinajstić information content (AvgIpc) is 2.26. The number of carbonyl (C=O) groups is 1. The van der Waals surface area contributed by atoms with Gasteiger partial charge in [-0.1, -0.05) is 0 Å². The lowest BCUT2D eigenvalue weighted by Crippen LogP contribution is -2.48. The van der Waals surface area contributed by atoms with Gasteiger partial charge in [0.25, 0.3) is 0 Å². The Bertz CT molecular complexity index is 346. The molecule has 3 N–H and O–H groups in total. The Balaban J connectivity index is 4.31. The van der Waals surface area contributed by atoms with Crippen LogP contribution < -0.4 is 5.32 Å². The van der Waals surface area contributed by atoms with Gasteiger partial charge in [-0.25, -0.2) is 0 Å². The minimum Gasteiger partial charge on any atom is -0.427 e. The van der Waals surface area contributed by atoms with Crippen LogP contribution in [0.15, 0.2) is 11.7 Å². The second-order valence-electron chi connectivity index (χ2n) is 5.63. The second kappa shape index (κ2) is 7.45. The highest BCUT2D eigenvalue weighted by Gasteiger charge is 2.35. The van der Waals surface area contributed by atoms with Crippen molar-refractivity contribution in [1.82, 2.24) is 5.32 Å². The van der Waals surface area contributed by atoms with Gasteiger partial charge in [0, 0.05) is 19.2 Å². The van der Waals surface area contributed by atoms with E-state index in [4.69, 9.17) is 10.1 Å². The van der Waals surface area contributed by atoms with Crippen LogP contribution in [0.3, 0.4) is 0 Å². The van der Waals surface area contributed by atoms with Crippen LogP contribution in [0, 0.1) is 5.41 Å². The highest BCUT2D eigenvalue weighted by Crippen LogP contribution is 2.24. The Kier molecular flexibility index (Phi) is 7.01. The van der Waals surface area contributed by atoms with Crippen LogP contribution in [0.1, 0.15) is 41.0 Å². The van der Waals surface area contributed by atoms with E-state index >= 15 is 0 Å². The summed E-state index contributed by atoms with van der Waals surface area (Å²) in [6.07, 6.45) is 3.31. The second-order valence-corrected chi connectivity index (χ2v) is 5.63. The number of nitrogens with one attached hydrogen (secondary N) is 2. The minimum absolute atomic E-state index is 0.122. The third-order valence-electron chi connectivity index (χ3n) is 3.17. The molecule has 0 radical (unpaired) electrons. The van der Waals surface area contributed by atoms with E-state index in [-0.39, 0.29) is 13.3 Å². The molecular formula is C13H25BN2O3. The van der Waals surface area contributed by atoms with Crippen LogP contribution in [0.5, 0.6) is 0 Å². The van der Waals surface area contributed by atoms with Crippen LogP contribution in [0.4, 0.5) is 0 Å². The molecule has 0 heterocycles. The van der Waals surface area contributed by atoms with Crippen molar-refractivity contribution in [2.75, 3.05) is 6.54 Å². The highest BCUT2D eigenvalue weighted by molar-refractivity contribution is 6.45. The van der Waals surface area contributed by atoms with Gasteiger partial charge < -0.3 is 20.5 Å². The lowest BCUT2D eigenvalue weighted by atomic mass is 9.83. The molecule has 0 rings (SSSR count). The molecule has 0 aromatic rings. The zero-order valence-corrected chi connectivity index (χ0v) is 12.5. The van der Waals surface area contributed by atoms with Gasteiger partial charge in [-0.2, -0.15) is 0 Å². The maximum absolute atomic E-state index is 10.8. The first-order valence-electron chi connectivity index (χ1n) is 6.39. The molecule has 108 valence electrons. The van der Waals surface area contributed by atoms with Gasteiger partial charge in [0.1, 0.15) is 5.78 Å². The molecule has 0 aliphatic carbocycles. The first-order chi connectivity index (χ1) is 8.60. The molecule has 0 aliphatic rings. The third-order valence-corrected chi connectivity index (χ3v) is 3.17. The molecule has 0 saturated carbocycles. The van der Waals surface area contributed by atoms with Crippen molar-refractivity contribution in [3.8, 4) is 0 Å². The molecule has 19 heavy (non-hydrogen) atoms. The number of ketones is 1. The first kappa shape index (κ1) is 17.9. The zero-order chi connectivity index (χ0) is 15.1. The van der Waals surface area contributed by atoms with E-state index < -0.39 is 11.2 Å². The van der Waals surface area contributed by atoms with Crippen LogP contribution in [-0.2, 0) is 9.45 Å². The van der Waals surface area contributed by atoms with Crippen molar-refractivity contribution < 1.29 is 14.6 Å². The Labute approximate surface area is 116 Å². The lowest BCUT2D eigenvalue weighted by Gasteiger charge is -2.37. The highest BCUT2D eigenvalue weighted by atomic mass is 16.5. The SMILES string of the molecule is CC(=O)CCN/C=C(/BOC(C)(C)C(C)(C)O)C=N. The van der Waals surface area contributed by atoms with E-state index in [1.165, 1.54) is 13.1 Å². The molecule has 0 amide bonds. The molecule has 0 aliphatic heterocycles. The predicted octanol–water partition coefficient (Wildman–Crippen LogP) is 0.964. The molecular weight excluding hydrogens is 243 g/mol. The summed E-state index contributed by atoms with van der Waals surface area (Å²) in [7, 11) is 0.230. The molecule has 6 heteroatoms. The maximum Gasteiger partial charge on any atom is 0.312 e. The smallest absolute Gasteiger partial charge is 0.312 e. The van der Waals surface area contributed by atoms with Crippen molar-refractivity contribution in [3.63, 3.8) is 0 Å². The molecule has 0 fully saturated rings. The number of Topliss-reactive ketones (excluding diaryl/α,β-unsaturated/α-hetero) is 1. The van der Waals surface area contributed by atoms with E-state index in [9.17, 15) is 9.90 Å². The monoisotopic (exact) mass is 268 g/mol. The number of carbonyl (C=O) groups excluding carboxylic acids is 1. The first-order valence-corrected chi connectivity index (χ1v) is 6.39. The summed E-state index contributed by atoms with van der Waals surface area (Å²) in [6, 6.07) is 0. The minimum atomic E-state index is -0.970. The van der Waals surface area contributed by atoms with Crippen molar-refractivity contribution in [1.29, 1.82) is 5.41 Å². The van der Waals surface area contributed by atoms with Crippen LogP contribution in [0.25, 0.3) is 0 Å². The maximum atomic E-state index is 10.8. The molecule has 5 nitrogen and oxygen atoms in total. The van der Waals surface area contributed by atoms with E-state index in [0.29, 0.717) is 18.4 Å². The summed E-state index contributed by atoms with van der Waals surface area (Å²) >= 11 is 0. The number of hydrogen-bond donors (Lipinski definition) is 3. The summed E-state index contributed by atoms with van der Waals surface area (Å²) < 4.78 is 5.65. The molecule has 0 atom stereocenters. The molecule has 0 saturated heterocycles. The predicted molar refractivity (Wildman–Crippen MR) is 78.8 cm³/mol. The van der Waals surface area contributed by atoms with E-state index in [1.54, 1.807) is 33.9 Å². The van der Waals surface area contributed by atoms with Gasteiger partial charge in [-0.05, 0) is 46.3 Å². The molecule has 0 unspecified atom stereocenters. The number of hydrogen-bond acceptors (Lipinski definition) is 5. The average molecular weight is 268 g/mol. The van der Waals surface area contributed by atoms with Gasteiger partial charge in [0.15, 0.2) is 0 Å².